The summed E-state index contributed by atoms with van der Waals surface area (Å²) in [6.07, 6.45) is -4.64. The zero-order valence-electron chi connectivity index (χ0n) is 11.4. The molecule has 1 fully saturated rings. The molecule has 1 aliphatic rings. The average Bonchev–Trinajstić information content (AvgIpc) is 2.35. The van der Waals surface area contributed by atoms with Crippen molar-refractivity contribution in [2.24, 2.45) is 5.92 Å². The van der Waals surface area contributed by atoms with E-state index in [2.05, 4.69) is 21.2 Å². The van der Waals surface area contributed by atoms with Gasteiger partial charge < -0.3 is 15.8 Å². The first kappa shape index (κ1) is 17.3. The molecule has 4 nitrogen and oxygen atoms in total. The van der Waals surface area contributed by atoms with E-state index in [0.717, 1.165) is 6.07 Å². The second kappa shape index (κ2) is 6.99. The van der Waals surface area contributed by atoms with Crippen molar-refractivity contribution in [1.82, 2.24) is 0 Å². The fraction of sp³-hybridized carbons (Fsp3) is 0.462. The minimum atomic E-state index is -4.64. The molecular weight excluding hydrogens is 385 g/mol. The number of benzene rings is 1. The molecule has 0 atom stereocenters. The molecule has 0 spiro atoms. The molecule has 0 unspecified atom stereocenters. The largest absolute Gasteiger partial charge is 0.493 e. The van der Waals surface area contributed by atoms with Gasteiger partial charge in [-0.3, -0.25) is 4.79 Å². The average molecular weight is 399 g/mol. The Bertz CT molecular complexity index is 565. The van der Waals surface area contributed by atoms with Crippen LogP contribution in [0.3, 0.4) is 0 Å². The van der Waals surface area contributed by atoms with Crippen LogP contribution in [0.5, 0.6) is 5.75 Å². The first-order chi connectivity index (χ1) is 10.3. The Morgan fingerprint density at radius 3 is 2.64 bits per heavy atom. The molecule has 3 N–H and O–H groups in total. The Morgan fingerprint density at radius 2 is 2.14 bits per heavy atom. The van der Waals surface area contributed by atoms with Crippen LogP contribution >= 0.6 is 27.7 Å². The molecule has 0 bridgehead atoms. The summed E-state index contributed by atoms with van der Waals surface area (Å²) in [6, 6.07) is 2.13. The lowest BCUT2D eigenvalue weighted by Crippen LogP contribution is -2.33. The van der Waals surface area contributed by atoms with Crippen molar-refractivity contribution in [3.8, 4) is 5.75 Å². The SMILES string of the molecule is Nc1cc(OCCBr)cc(C(F)(F)F)c1NC(=O)C1CSC1. The number of rotatable bonds is 5. The molecular formula is C13H14BrF3N2O2S. The lowest BCUT2D eigenvalue weighted by atomic mass is 10.1. The van der Waals surface area contributed by atoms with Gasteiger partial charge in [0.2, 0.25) is 5.91 Å². The second-order valence-corrected chi connectivity index (χ2v) is 6.56. The van der Waals surface area contributed by atoms with Crippen LogP contribution in [0.2, 0.25) is 0 Å². The molecule has 2 rings (SSSR count). The zero-order chi connectivity index (χ0) is 16.3. The number of amides is 1. The maximum absolute atomic E-state index is 13.2. The van der Waals surface area contributed by atoms with Crippen molar-refractivity contribution in [3.05, 3.63) is 17.7 Å². The van der Waals surface area contributed by atoms with Gasteiger partial charge >= 0.3 is 6.18 Å². The molecule has 1 aliphatic heterocycles. The van der Waals surface area contributed by atoms with Gasteiger partial charge in [0.1, 0.15) is 5.75 Å². The summed E-state index contributed by atoms with van der Waals surface area (Å²) in [5.74, 6) is 0.528. The number of halogens is 4. The van der Waals surface area contributed by atoms with E-state index in [1.165, 1.54) is 6.07 Å². The number of carbonyl (C=O) groups is 1. The summed E-state index contributed by atoms with van der Waals surface area (Å²) in [5.41, 5.74) is 4.12. The summed E-state index contributed by atoms with van der Waals surface area (Å²) in [5, 5.41) is 2.79. The van der Waals surface area contributed by atoms with E-state index >= 15 is 0 Å². The van der Waals surface area contributed by atoms with Crippen LogP contribution in [-0.2, 0) is 11.0 Å². The van der Waals surface area contributed by atoms with Crippen molar-refractivity contribution in [2.45, 2.75) is 6.18 Å². The first-order valence-corrected chi connectivity index (χ1v) is 8.68. The minimum Gasteiger partial charge on any atom is -0.493 e. The number of hydrogen-bond acceptors (Lipinski definition) is 4. The molecule has 0 aliphatic carbocycles. The second-order valence-electron chi connectivity index (χ2n) is 4.69. The van der Waals surface area contributed by atoms with Gasteiger partial charge in [-0.1, -0.05) is 15.9 Å². The number of anilines is 2. The molecule has 22 heavy (non-hydrogen) atoms. The zero-order valence-corrected chi connectivity index (χ0v) is 13.8. The maximum atomic E-state index is 13.2. The van der Waals surface area contributed by atoms with Crippen LogP contribution in [-0.4, -0.2) is 29.3 Å². The Labute approximate surface area is 138 Å². The van der Waals surface area contributed by atoms with Crippen LogP contribution in [0.15, 0.2) is 12.1 Å². The smallest absolute Gasteiger partial charge is 0.418 e. The number of hydrogen-bond donors (Lipinski definition) is 2. The molecule has 0 saturated carbocycles. The summed E-state index contributed by atoms with van der Waals surface area (Å²) in [6.45, 7) is 0.210. The highest BCUT2D eigenvalue weighted by atomic mass is 79.9. The molecule has 122 valence electrons. The highest BCUT2D eigenvalue weighted by Crippen LogP contribution is 2.41. The number of nitrogen functional groups attached to an aromatic ring is 1. The quantitative estimate of drug-likeness (QED) is 0.589. The highest BCUT2D eigenvalue weighted by Gasteiger charge is 2.37. The van der Waals surface area contributed by atoms with E-state index < -0.39 is 23.3 Å². The van der Waals surface area contributed by atoms with Crippen LogP contribution in [0, 0.1) is 5.92 Å². The van der Waals surface area contributed by atoms with Crippen LogP contribution in [0.1, 0.15) is 5.56 Å². The van der Waals surface area contributed by atoms with Crippen molar-refractivity contribution in [2.75, 3.05) is 34.5 Å². The van der Waals surface area contributed by atoms with E-state index in [0.29, 0.717) is 16.8 Å². The topological polar surface area (TPSA) is 64.3 Å². The first-order valence-electron chi connectivity index (χ1n) is 6.41. The molecule has 0 radical (unpaired) electrons. The van der Waals surface area contributed by atoms with Crippen LogP contribution < -0.4 is 15.8 Å². The highest BCUT2D eigenvalue weighted by molar-refractivity contribution is 9.09. The van der Waals surface area contributed by atoms with Gasteiger partial charge in [-0.25, -0.2) is 0 Å². The van der Waals surface area contributed by atoms with Gasteiger partial charge in [0, 0.05) is 22.9 Å². The van der Waals surface area contributed by atoms with Gasteiger partial charge in [0.25, 0.3) is 0 Å². The number of thioether (sulfide) groups is 1. The van der Waals surface area contributed by atoms with Gasteiger partial charge in [-0.05, 0) is 6.07 Å². The number of nitrogens with two attached hydrogens (primary N) is 1. The van der Waals surface area contributed by atoms with E-state index in [1.807, 2.05) is 0 Å². The lowest BCUT2D eigenvalue weighted by Gasteiger charge is -2.25. The van der Waals surface area contributed by atoms with Gasteiger partial charge in [0.15, 0.2) is 0 Å². The molecule has 0 aromatic heterocycles. The Kier molecular flexibility index (Phi) is 5.49. The third-order valence-electron chi connectivity index (χ3n) is 3.05. The summed E-state index contributed by atoms with van der Waals surface area (Å²) < 4.78 is 44.8. The predicted molar refractivity (Wildman–Crippen MR) is 84.6 cm³/mol. The van der Waals surface area contributed by atoms with E-state index in [4.69, 9.17) is 10.5 Å². The van der Waals surface area contributed by atoms with Gasteiger partial charge in [-0.15, -0.1) is 0 Å². The molecule has 1 saturated heterocycles. The molecule has 1 aromatic rings. The third-order valence-corrected chi connectivity index (χ3v) is 4.65. The molecule has 9 heteroatoms. The van der Waals surface area contributed by atoms with Crippen molar-refractivity contribution in [1.29, 1.82) is 0 Å². The monoisotopic (exact) mass is 398 g/mol. The summed E-state index contributed by atoms with van der Waals surface area (Å²) in [7, 11) is 0. The number of ether oxygens (including phenoxy) is 1. The van der Waals surface area contributed by atoms with Crippen LogP contribution in [0.25, 0.3) is 0 Å². The van der Waals surface area contributed by atoms with Crippen molar-refractivity contribution in [3.63, 3.8) is 0 Å². The molecule has 1 aromatic carbocycles. The Hall–Kier alpha value is -1.09. The lowest BCUT2D eigenvalue weighted by molar-refractivity contribution is -0.137. The number of nitrogens with one attached hydrogen (secondary N) is 1. The Balaban J connectivity index is 2.31. The van der Waals surface area contributed by atoms with E-state index in [-0.39, 0.29) is 24.0 Å². The van der Waals surface area contributed by atoms with Crippen LogP contribution in [0.4, 0.5) is 24.5 Å². The summed E-state index contributed by atoms with van der Waals surface area (Å²) in [4.78, 5) is 11.9. The minimum absolute atomic E-state index is 0.0153. The van der Waals surface area contributed by atoms with E-state index in [1.54, 1.807) is 11.8 Å². The summed E-state index contributed by atoms with van der Waals surface area (Å²) >= 11 is 4.69. The number of alkyl halides is 4. The van der Waals surface area contributed by atoms with E-state index in [9.17, 15) is 18.0 Å². The van der Waals surface area contributed by atoms with Crippen molar-refractivity contribution >= 4 is 45.0 Å². The molecule has 1 amide bonds. The fourth-order valence-corrected chi connectivity index (χ4v) is 2.79. The maximum Gasteiger partial charge on any atom is 0.418 e. The number of carbonyl (C=O) groups excluding carboxylic acids is 1. The van der Waals surface area contributed by atoms with Gasteiger partial charge in [-0.2, -0.15) is 24.9 Å². The normalized spacial score (nSPS) is 15.3. The predicted octanol–water partition coefficient (Wildman–Crippen LogP) is 3.36. The standard InChI is InChI=1S/C13H14BrF3N2O2S/c14-1-2-21-8-3-9(13(15,16)17)11(10(18)4-8)19-12(20)7-5-22-6-7/h3-4,7H,1-2,5-6,18H2,(H,19,20). The fourth-order valence-electron chi connectivity index (χ4n) is 1.85. The third kappa shape index (κ3) is 4.01. The Morgan fingerprint density at radius 1 is 1.45 bits per heavy atom. The molecule has 1 heterocycles. The van der Waals surface area contributed by atoms with Crippen molar-refractivity contribution < 1.29 is 22.7 Å². The van der Waals surface area contributed by atoms with Gasteiger partial charge in [0.05, 0.1) is 29.5 Å².